The molecule has 5 unspecified atom stereocenters. The summed E-state index contributed by atoms with van der Waals surface area (Å²) in [6.45, 7) is 2.40. The van der Waals surface area contributed by atoms with Crippen LogP contribution in [0.1, 0.15) is 57.8 Å². The number of rotatable bonds is 2. The third kappa shape index (κ3) is 3.66. The number of likely N-dealkylation sites (tertiary alicyclic amines) is 1. The van der Waals surface area contributed by atoms with Gasteiger partial charge in [-0.05, 0) is 98.2 Å². The summed E-state index contributed by atoms with van der Waals surface area (Å²) < 4.78 is 1.29. The van der Waals surface area contributed by atoms with Crippen LogP contribution in [0.15, 0.2) is 22.8 Å². The molecule has 1 saturated heterocycles. The van der Waals surface area contributed by atoms with E-state index in [1.54, 1.807) is 0 Å². The van der Waals surface area contributed by atoms with Gasteiger partial charge in [0.1, 0.15) is 0 Å². The highest BCUT2D eigenvalue weighted by Crippen LogP contribution is 2.45. The van der Waals surface area contributed by atoms with Crippen LogP contribution < -0.4 is 0 Å². The molecule has 4 heteroatoms. The van der Waals surface area contributed by atoms with Crippen LogP contribution in [0.3, 0.4) is 0 Å². The van der Waals surface area contributed by atoms with Crippen molar-refractivity contribution < 1.29 is 0 Å². The molecule has 24 heavy (non-hydrogen) atoms. The number of allylic oxidation sites excluding steroid dienone is 2. The average molecular weight is 458 g/mol. The van der Waals surface area contributed by atoms with Crippen molar-refractivity contribution in [2.75, 3.05) is 13.1 Å². The molecule has 4 aliphatic rings. The molecule has 2 saturated carbocycles. The van der Waals surface area contributed by atoms with Gasteiger partial charge in [-0.1, -0.05) is 28.1 Å². The second-order valence-electron chi connectivity index (χ2n) is 8.19. The molecule has 0 N–H and O–H groups in total. The molecule has 2 heterocycles. The van der Waals surface area contributed by atoms with Gasteiger partial charge in [0.25, 0.3) is 0 Å². The van der Waals surface area contributed by atoms with E-state index in [4.69, 9.17) is 0 Å². The number of halogens is 2. The van der Waals surface area contributed by atoms with Crippen molar-refractivity contribution in [2.24, 2.45) is 11.8 Å². The number of hydrogen-bond acceptors (Lipinski definition) is 2. The third-order valence-corrected chi connectivity index (χ3v) is 8.59. The molecule has 2 aliphatic heterocycles. The maximum Gasteiger partial charge on any atom is 0.0811 e. The van der Waals surface area contributed by atoms with E-state index in [0.29, 0.717) is 4.95 Å². The third-order valence-electron chi connectivity index (χ3n) is 6.88. The second-order valence-corrected chi connectivity index (χ2v) is 10.1. The molecule has 2 nitrogen and oxygen atoms in total. The number of hydrogen-bond donors (Lipinski definition) is 0. The highest BCUT2D eigenvalue weighted by molar-refractivity contribution is 9.11. The number of alkyl halides is 1. The van der Waals surface area contributed by atoms with Gasteiger partial charge < -0.3 is 4.90 Å². The zero-order valence-electron chi connectivity index (χ0n) is 14.5. The lowest BCUT2D eigenvalue weighted by Gasteiger charge is -2.49. The number of fused-ring (bicyclic) bond motifs is 1. The zero-order chi connectivity index (χ0) is 16.5. The second kappa shape index (κ2) is 7.84. The van der Waals surface area contributed by atoms with E-state index in [9.17, 15) is 0 Å². The predicted octanol–water partition coefficient (Wildman–Crippen LogP) is 5.64. The van der Waals surface area contributed by atoms with E-state index in [0.717, 1.165) is 30.5 Å². The summed E-state index contributed by atoms with van der Waals surface area (Å²) in [5, 5.41) is 0. The molecule has 0 spiro atoms. The highest BCUT2D eigenvalue weighted by Gasteiger charge is 2.40. The van der Waals surface area contributed by atoms with Crippen LogP contribution in [0.2, 0.25) is 0 Å². The summed E-state index contributed by atoms with van der Waals surface area (Å²) >= 11 is 7.72. The molecule has 2 aliphatic carbocycles. The fourth-order valence-corrected chi connectivity index (χ4v) is 7.03. The molecule has 0 aromatic carbocycles. The van der Waals surface area contributed by atoms with Crippen LogP contribution >= 0.6 is 31.9 Å². The van der Waals surface area contributed by atoms with Gasteiger partial charge in [-0.15, -0.1) is 0 Å². The Morgan fingerprint density at radius 2 is 1.67 bits per heavy atom. The van der Waals surface area contributed by atoms with Crippen molar-refractivity contribution in [1.29, 1.82) is 0 Å². The summed E-state index contributed by atoms with van der Waals surface area (Å²) in [7, 11) is 0. The molecule has 5 atom stereocenters. The molecule has 0 amide bonds. The van der Waals surface area contributed by atoms with Crippen molar-refractivity contribution in [1.82, 2.24) is 9.80 Å². The van der Waals surface area contributed by atoms with Crippen LogP contribution in [-0.4, -0.2) is 39.9 Å². The Labute approximate surface area is 164 Å². The lowest BCUT2D eigenvalue weighted by atomic mass is 9.67. The molecule has 134 valence electrons. The smallest absolute Gasteiger partial charge is 0.0811 e. The molecular weight excluding hydrogens is 428 g/mol. The van der Waals surface area contributed by atoms with Gasteiger partial charge in [-0.25, -0.2) is 0 Å². The standard InChI is InChI=1S/C20H30Br2N2/c21-19-5-1-3-11-23(19)17-9-7-16-14-18(10-8-15(16)13-17)24-12-4-2-6-20(24)22/h1,3,5,15-18,20H,2,4,6-14H2. The highest BCUT2D eigenvalue weighted by atomic mass is 79.9. The van der Waals surface area contributed by atoms with Crippen LogP contribution in [0, 0.1) is 11.8 Å². The van der Waals surface area contributed by atoms with E-state index in [1.807, 2.05) is 0 Å². The first-order valence-corrected chi connectivity index (χ1v) is 11.6. The Kier molecular flexibility index (Phi) is 5.75. The lowest BCUT2D eigenvalue weighted by molar-refractivity contribution is 0.0358. The topological polar surface area (TPSA) is 6.48 Å². The molecule has 0 bridgehead atoms. The van der Waals surface area contributed by atoms with Crippen molar-refractivity contribution >= 4 is 31.9 Å². The summed E-state index contributed by atoms with van der Waals surface area (Å²) in [6, 6.07) is 1.59. The molecule has 0 radical (unpaired) electrons. The Bertz CT molecular complexity index is 504. The first-order chi connectivity index (χ1) is 11.7. The van der Waals surface area contributed by atoms with Gasteiger partial charge in [0.05, 0.1) is 9.56 Å². The van der Waals surface area contributed by atoms with Crippen LogP contribution in [-0.2, 0) is 0 Å². The minimum Gasteiger partial charge on any atom is -0.359 e. The largest absolute Gasteiger partial charge is 0.359 e. The SMILES string of the molecule is BrC1=CC=CCN1C1CCC2CC(N3CCCCC3Br)CCC2C1. The van der Waals surface area contributed by atoms with Crippen LogP contribution in [0.25, 0.3) is 0 Å². The van der Waals surface area contributed by atoms with E-state index in [2.05, 4.69) is 59.9 Å². The zero-order valence-corrected chi connectivity index (χ0v) is 17.7. The number of nitrogens with zero attached hydrogens (tertiary/aromatic N) is 2. The molecule has 3 fully saturated rings. The number of piperidine rings is 1. The Hall–Kier alpha value is 0.200. The van der Waals surface area contributed by atoms with E-state index >= 15 is 0 Å². The fourth-order valence-electron chi connectivity index (χ4n) is 5.58. The van der Waals surface area contributed by atoms with Gasteiger partial charge in [-0.3, -0.25) is 4.90 Å². The van der Waals surface area contributed by atoms with Crippen molar-refractivity contribution in [2.45, 2.75) is 74.8 Å². The van der Waals surface area contributed by atoms with Gasteiger partial charge in [-0.2, -0.15) is 0 Å². The van der Waals surface area contributed by atoms with E-state index in [-0.39, 0.29) is 0 Å². The first-order valence-electron chi connectivity index (χ1n) is 9.91. The summed E-state index contributed by atoms with van der Waals surface area (Å²) in [5.74, 6) is 1.94. The molecule has 0 aromatic heterocycles. The summed E-state index contributed by atoms with van der Waals surface area (Å²) in [5.41, 5.74) is 0. The van der Waals surface area contributed by atoms with Gasteiger partial charge >= 0.3 is 0 Å². The average Bonchev–Trinajstić information content (AvgIpc) is 2.62. The summed E-state index contributed by atoms with van der Waals surface area (Å²) in [6.07, 6.45) is 19.4. The first kappa shape index (κ1) is 17.6. The lowest BCUT2D eigenvalue weighted by Crippen LogP contribution is -2.49. The minimum atomic E-state index is 0.644. The quantitative estimate of drug-likeness (QED) is 0.391. The normalized spacial score (nSPS) is 41.0. The molecule has 0 aromatic rings. The molecular formula is C20H30Br2N2. The predicted molar refractivity (Wildman–Crippen MR) is 108 cm³/mol. The van der Waals surface area contributed by atoms with Crippen molar-refractivity contribution in [3.05, 3.63) is 22.8 Å². The van der Waals surface area contributed by atoms with E-state index in [1.165, 1.54) is 68.9 Å². The van der Waals surface area contributed by atoms with Crippen LogP contribution in [0.5, 0.6) is 0 Å². The fraction of sp³-hybridized carbons (Fsp3) is 0.800. The Morgan fingerprint density at radius 3 is 2.42 bits per heavy atom. The maximum atomic E-state index is 3.95. The Morgan fingerprint density at radius 1 is 0.917 bits per heavy atom. The van der Waals surface area contributed by atoms with Gasteiger partial charge in [0.15, 0.2) is 0 Å². The van der Waals surface area contributed by atoms with Crippen LogP contribution in [0.4, 0.5) is 0 Å². The van der Waals surface area contributed by atoms with Gasteiger partial charge in [0.2, 0.25) is 0 Å². The monoisotopic (exact) mass is 456 g/mol. The van der Waals surface area contributed by atoms with E-state index < -0.39 is 0 Å². The van der Waals surface area contributed by atoms with Crippen molar-refractivity contribution in [3.63, 3.8) is 0 Å². The summed E-state index contributed by atoms with van der Waals surface area (Å²) in [4.78, 5) is 6.02. The Balaban J connectivity index is 1.35. The van der Waals surface area contributed by atoms with Gasteiger partial charge in [0, 0.05) is 18.6 Å². The minimum absolute atomic E-state index is 0.644. The molecule has 4 rings (SSSR count). The van der Waals surface area contributed by atoms with Crippen molar-refractivity contribution in [3.8, 4) is 0 Å². The maximum absolute atomic E-state index is 3.95.